The Morgan fingerprint density at radius 1 is 0.351 bits per heavy atom. The molecule has 0 spiro atoms. The lowest BCUT2D eigenvalue weighted by Crippen LogP contribution is -2.02. The first-order valence-corrected chi connectivity index (χ1v) is 19.2. The minimum Gasteiger partial charge on any atom is -0.456 e. The van der Waals surface area contributed by atoms with E-state index in [4.69, 9.17) is 14.4 Å². The van der Waals surface area contributed by atoms with Crippen LogP contribution in [0.5, 0.6) is 0 Å². The van der Waals surface area contributed by atoms with Crippen molar-refractivity contribution in [2.75, 3.05) is 0 Å². The molecular formula is C52H32N4O. The highest BCUT2D eigenvalue weighted by Gasteiger charge is 2.20. The molecule has 12 aromatic rings. The minimum absolute atomic E-state index is 0.640. The standard InChI is InChI=1S/C52H32N4O/c1-2-15-33(16-3-1)43-32-44(41-22-14-28-50-51(41)42-21-8-13-27-49(42)57-50)54-52(53-43)34-29-35(55-45-23-9-4-17-37(45)38-18-5-10-24-46(38)55)31-36(30-34)56-47-25-11-6-19-39(47)40-20-7-12-26-48(40)56/h1-32H. The van der Waals surface area contributed by atoms with Crippen LogP contribution in [0.25, 0.3) is 111 Å². The summed E-state index contributed by atoms with van der Waals surface area (Å²) in [5, 5.41) is 6.95. The lowest BCUT2D eigenvalue weighted by atomic mass is 10.0. The summed E-state index contributed by atoms with van der Waals surface area (Å²) in [4.78, 5) is 10.8. The monoisotopic (exact) mass is 728 g/mol. The Bertz CT molecular complexity index is 3300. The zero-order valence-corrected chi connectivity index (χ0v) is 30.7. The van der Waals surface area contributed by atoms with Crippen LogP contribution < -0.4 is 0 Å². The van der Waals surface area contributed by atoms with Crippen LogP contribution in [-0.2, 0) is 0 Å². The zero-order chi connectivity index (χ0) is 37.5. The van der Waals surface area contributed by atoms with Crippen molar-refractivity contribution in [3.8, 4) is 45.3 Å². The predicted octanol–water partition coefficient (Wildman–Crippen LogP) is 13.6. The fourth-order valence-electron chi connectivity index (χ4n) is 8.84. The molecule has 57 heavy (non-hydrogen) atoms. The van der Waals surface area contributed by atoms with Crippen molar-refractivity contribution in [2.45, 2.75) is 0 Å². The lowest BCUT2D eigenvalue weighted by molar-refractivity contribution is 0.669. The molecule has 0 aliphatic heterocycles. The average Bonchev–Trinajstić information content (AvgIpc) is 3.94. The number of aromatic nitrogens is 4. The van der Waals surface area contributed by atoms with Gasteiger partial charge in [0, 0.05) is 60.4 Å². The summed E-state index contributed by atoms with van der Waals surface area (Å²) in [6.07, 6.45) is 0. The van der Waals surface area contributed by atoms with Gasteiger partial charge in [0.1, 0.15) is 11.2 Å². The van der Waals surface area contributed by atoms with Crippen molar-refractivity contribution in [1.29, 1.82) is 0 Å². The molecule has 4 aromatic heterocycles. The molecule has 0 amide bonds. The summed E-state index contributed by atoms with van der Waals surface area (Å²) in [6, 6.07) is 68.4. The normalized spacial score (nSPS) is 11.9. The van der Waals surface area contributed by atoms with Gasteiger partial charge in [0.25, 0.3) is 0 Å². The Kier molecular flexibility index (Phi) is 6.86. The largest absolute Gasteiger partial charge is 0.456 e. The predicted molar refractivity (Wildman–Crippen MR) is 234 cm³/mol. The van der Waals surface area contributed by atoms with Gasteiger partial charge in [0.05, 0.1) is 33.5 Å². The highest BCUT2D eigenvalue weighted by atomic mass is 16.3. The first kappa shape index (κ1) is 31.6. The Balaban J connectivity index is 1.19. The van der Waals surface area contributed by atoms with E-state index in [1.165, 1.54) is 21.5 Å². The number of hydrogen-bond donors (Lipinski definition) is 0. The summed E-state index contributed by atoms with van der Waals surface area (Å²) >= 11 is 0. The van der Waals surface area contributed by atoms with Gasteiger partial charge in [0.15, 0.2) is 5.82 Å². The maximum atomic E-state index is 6.35. The van der Waals surface area contributed by atoms with E-state index in [1.54, 1.807) is 0 Å². The highest BCUT2D eigenvalue weighted by Crippen LogP contribution is 2.40. The van der Waals surface area contributed by atoms with Crippen LogP contribution in [0.1, 0.15) is 0 Å². The number of rotatable bonds is 5. The SMILES string of the molecule is c1ccc(-c2cc(-c3cccc4oc5ccccc5c34)nc(-c3cc(-n4c5ccccc5c5ccccc54)cc(-n4c5ccccc5c5ccccc54)c3)n2)cc1. The first-order valence-electron chi connectivity index (χ1n) is 19.2. The van der Waals surface area contributed by atoms with Gasteiger partial charge in [-0.3, -0.25) is 0 Å². The maximum Gasteiger partial charge on any atom is 0.160 e. The van der Waals surface area contributed by atoms with Gasteiger partial charge in [-0.25, -0.2) is 9.97 Å². The Morgan fingerprint density at radius 2 is 0.825 bits per heavy atom. The van der Waals surface area contributed by atoms with Gasteiger partial charge >= 0.3 is 0 Å². The van der Waals surface area contributed by atoms with E-state index in [2.05, 4.69) is 173 Å². The Morgan fingerprint density at radius 3 is 1.40 bits per heavy atom. The van der Waals surface area contributed by atoms with Crippen LogP contribution in [0, 0.1) is 0 Å². The number of para-hydroxylation sites is 5. The molecule has 0 bridgehead atoms. The fraction of sp³-hybridized carbons (Fsp3) is 0. The summed E-state index contributed by atoms with van der Waals surface area (Å²) in [6.45, 7) is 0. The summed E-state index contributed by atoms with van der Waals surface area (Å²) in [5.74, 6) is 0.640. The van der Waals surface area contributed by atoms with Crippen molar-refractivity contribution in [3.63, 3.8) is 0 Å². The molecule has 0 unspecified atom stereocenters. The van der Waals surface area contributed by atoms with E-state index in [-0.39, 0.29) is 0 Å². The Labute approximate surface area is 327 Å². The third kappa shape index (κ3) is 4.89. The molecule has 12 rings (SSSR count). The number of nitrogens with zero attached hydrogens (tertiary/aromatic N) is 4. The van der Waals surface area contributed by atoms with Gasteiger partial charge in [0.2, 0.25) is 0 Å². The van der Waals surface area contributed by atoms with Crippen molar-refractivity contribution in [2.24, 2.45) is 0 Å². The molecule has 0 aliphatic rings. The quantitative estimate of drug-likeness (QED) is 0.177. The first-order chi connectivity index (χ1) is 28.3. The van der Waals surface area contributed by atoms with E-state index < -0.39 is 0 Å². The molecule has 0 saturated carbocycles. The lowest BCUT2D eigenvalue weighted by Gasteiger charge is -2.16. The van der Waals surface area contributed by atoms with Crippen molar-refractivity contribution >= 4 is 65.6 Å². The van der Waals surface area contributed by atoms with Crippen LogP contribution in [-0.4, -0.2) is 19.1 Å². The molecule has 0 N–H and O–H groups in total. The number of hydrogen-bond acceptors (Lipinski definition) is 3. The third-order valence-corrected chi connectivity index (χ3v) is 11.3. The van der Waals surface area contributed by atoms with Gasteiger partial charge in [-0.05, 0) is 60.7 Å². The molecular weight excluding hydrogens is 697 g/mol. The van der Waals surface area contributed by atoms with Crippen LogP contribution in [0.15, 0.2) is 199 Å². The maximum absolute atomic E-state index is 6.35. The van der Waals surface area contributed by atoms with Crippen molar-refractivity contribution < 1.29 is 4.42 Å². The van der Waals surface area contributed by atoms with Crippen LogP contribution >= 0.6 is 0 Å². The molecule has 0 atom stereocenters. The Hall–Kier alpha value is -7.76. The second-order valence-corrected chi connectivity index (χ2v) is 14.6. The van der Waals surface area contributed by atoms with Crippen LogP contribution in [0.4, 0.5) is 0 Å². The van der Waals surface area contributed by atoms with Crippen LogP contribution in [0.3, 0.4) is 0 Å². The van der Waals surface area contributed by atoms with Gasteiger partial charge in [-0.15, -0.1) is 0 Å². The molecule has 8 aromatic carbocycles. The molecule has 0 saturated heterocycles. The topological polar surface area (TPSA) is 48.8 Å². The van der Waals surface area contributed by atoms with E-state index in [1.807, 2.05) is 30.3 Å². The highest BCUT2D eigenvalue weighted by molar-refractivity contribution is 6.13. The van der Waals surface area contributed by atoms with E-state index in [9.17, 15) is 0 Å². The van der Waals surface area contributed by atoms with Gasteiger partial charge in [-0.2, -0.15) is 0 Å². The summed E-state index contributed by atoms with van der Waals surface area (Å²) < 4.78 is 11.1. The molecule has 5 nitrogen and oxygen atoms in total. The molecule has 266 valence electrons. The second-order valence-electron chi connectivity index (χ2n) is 14.6. The van der Waals surface area contributed by atoms with Gasteiger partial charge in [-0.1, -0.05) is 133 Å². The number of fused-ring (bicyclic) bond motifs is 9. The van der Waals surface area contributed by atoms with Crippen molar-refractivity contribution in [1.82, 2.24) is 19.1 Å². The van der Waals surface area contributed by atoms with E-state index >= 15 is 0 Å². The number of furan rings is 1. The fourth-order valence-corrected chi connectivity index (χ4v) is 8.84. The molecule has 0 aliphatic carbocycles. The second kappa shape index (κ2) is 12.4. The zero-order valence-electron chi connectivity index (χ0n) is 30.7. The molecule has 0 fully saturated rings. The third-order valence-electron chi connectivity index (χ3n) is 11.3. The van der Waals surface area contributed by atoms with Crippen LogP contribution in [0.2, 0.25) is 0 Å². The molecule has 4 heterocycles. The average molecular weight is 729 g/mol. The summed E-state index contributed by atoms with van der Waals surface area (Å²) in [7, 11) is 0. The van der Waals surface area contributed by atoms with Crippen molar-refractivity contribution in [3.05, 3.63) is 194 Å². The number of benzene rings is 8. The van der Waals surface area contributed by atoms with E-state index in [0.29, 0.717) is 5.82 Å². The summed E-state index contributed by atoms with van der Waals surface area (Å²) in [5.41, 5.74) is 12.9. The smallest absolute Gasteiger partial charge is 0.160 e. The van der Waals surface area contributed by atoms with E-state index in [0.717, 1.165) is 83.5 Å². The molecule has 0 radical (unpaired) electrons. The molecule has 5 heteroatoms. The van der Waals surface area contributed by atoms with Gasteiger partial charge < -0.3 is 13.6 Å². The minimum atomic E-state index is 0.640.